The number of carbonyl (C=O) groups excluding carboxylic acids is 1. The summed E-state index contributed by atoms with van der Waals surface area (Å²) in [6.07, 6.45) is 3.07. The van der Waals surface area contributed by atoms with E-state index in [1.807, 2.05) is 24.3 Å². The Morgan fingerprint density at radius 3 is 2.60 bits per heavy atom. The molecule has 2 heterocycles. The Bertz CT molecular complexity index is 1030. The number of thioether (sulfide) groups is 1. The van der Waals surface area contributed by atoms with Gasteiger partial charge in [0.1, 0.15) is 11.5 Å². The Morgan fingerprint density at radius 2 is 1.97 bits per heavy atom. The lowest BCUT2D eigenvalue weighted by atomic mass is 10.0. The van der Waals surface area contributed by atoms with Gasteiger partial charge in [-0.05, 0) is 36.6 Å². The van der Waals surface area contributed by atoms with Gasteiger partial charge >= 0.3 is 0 Å². The van der Waals surface area contributed by atoms with Crippen LogP contribution in [-0.4, -0.2) is 30.9 Å². The minimum atomic E-state index is -0.421. The van der Waals surface area contributed by atoms with Crippen molar-refractivity contribution in [1.82, 2.24) is 19.7 Å². The van der Waals surface area contributed by atoms with E-state index >= 15 is 0 Å². The maximum Gasteiger partial charge on any atom is 0.237 e. The van der Waals surface area contributed by atoms with Gasteiger partial charge in [0, 0.05) is 24.5 Å². The van der Waals surface area contributed by atoms with Crippen molar-refractivity contribution in [1.29, 1.82) is 0 Å². The molecule has 3 rings (SSSR count). The smallest absolute Gasteiger partial charge is 0.237 e. The Morgan fingerprint density at radius 1 is 1.23 bits per heavy atom. The number of anilines is 1. The molecule has 0 saturated carbocycles. The average molecular weight is 426 g/mol. The monoisotopic (exact) mass is 425 g/mol. The zero-order valence-corrected chi connectivity index (χ0v) is 18.0. The highest BCUT2D eigenvalue weighted by Gasteiger charge is 2.21. The predicted octanol–water partition coefficient (Wildman–Crippen LogP) is 4.91. The van der Waals surface area contributed by atoms with Gasteiger partial charge in [0.25, 0.3) is 0 Å². The van der Waals surface area contributed by atoms with Gasteiger partial charge in [-0.3, -0.25) is 14.3 Å². The number of benzene rings is 1. The zero-order chi connectivity index (χ0) is 21.7. The molecule has 8 heteroatoms. The van der Waals surface area contributed by atoms with Crippen LogP contribution in [0.5, 0.6) is 0 Å². The SMILES string of the molecule is C=CCn1c(SC(C)C(=O)Nc2ccc(C(C)C)cc2)nnc1-c1cc(F)ccn1. The van der Waals surface area contributed by atoms with E-state index in [0.717, 1.165) is 5.69 Å². The van der Waals surface area contributed by atoms with Crippen molar-refractivity contribution < 1.29 is 9.18 Å². The first-order chi connectivity index (χ1) is 14.4. The molecule has 0 bridgehead atoms. The van der Waals surface area contributed by atoms with Gasteiger partial charge in [-0.25, -0.2) is 4.39 Å². The molecular weight excluding hydrogens is 401 g/mol. The molecule has 30 heavy (non-hydrogen) atoms. The molecular formula is C22H24FN5OS. The number of aromatic nitrogens is 4. The van der Waals surface area contributed by atoms with Gasteiger partial charge in [-0.15, -0.1) is 16.8 Å². The molecule has 1 atom stereocenters. The van der Waals surface area contributed by atoms with Crippen LogP contribution < -0.4 is 5.32 Å². The van der Waals surface area contributed by atoms with Gasteiger partial charge in [-0.2, -0.15) is 0 Å². The van der Waals surface area contributed by atoms with Gasteiger partial charge in [0.2, 0.25) is 5.91 Å². The van der Waals surface area contributed by atoms with E-state index in [2.05, 4.69) is 40.9 Å². The van der Waals surface area contributed by atoms with Gasteiger partial charge < -0.3 is 5.32 Å². The maximum atomic E-state index is 13.6. The number of hydrogen-bond donors (Lipinski definition) is 1. The quantitative estimate of drug-likeness (QED) is 0.410. The fourth-order valence-electron chi connectivity index (χ4n) is 2.79. The third kappa shape index (κ3) is 5.13. The number of hydrogen-bond acceptors (Lipinski definition) is 5. The summed E-state index contributed by atoms with van der Waals surface area (Å²) in [7, 11) is 0. The molecule has 1 amide bonds. The van der Waals surface area contributed by atoms with Crippen LogP contribution in [0.25, 0.3) is 11.5 Å². The number of rotatable bonds is 8. The summed E-state index contributed by atoms with van der Waals surface area (Å²) < 4.78 is 15.4. The normalized spacial score (nSPS) is 12.0. The van der Waals surface area contributed by atoms with Crippen LogP contribution in [0.15, 0.2) is 60.4 Å². The van der Waals surface area contributed by atoms with E-state index in [-0.39, 0.29) is 5.91 Å². The molecule has 0 aliphatic carbocycles. The largest absolute Gasteiger partial charge is 0.325 e. The molecule has 0 saturated heterocycles. The van der Waals surface area contributed by atoms with Crippen molar-refractivity contribution in [3.8, 4) is 11.5 Å². The van der Waals surface area contributed by atoms with Gasteiger partial charge in [0.05, 0.1) is 5.25 Å². The van der Waals surface area contributed by atoms with Crippen molar-refractivity contribution in [2.24, 2.45) is 0 Å². The van der Waals surface area contributed by atoms with E-state index in [9.17, 15) is 9.18 Å². The molecule has 0 aliphatic rings. The van der Waals surface area contributed by atoms with E-state index in [4.69, 9.17) is 0 Å². The Hall–Kier alpha value is -3.00. The van der Waals surface area contributed by atoms with Crippen molar-refractivity contribution in [2.75, 3.05) is 5.32 Å². The molecule has 0 spiro atoms. The lowest BCUT2D eigenvalue weighted by molar-refractivity contribution is -0.115. The average Bonchev–Trinajstić information content (AvgIpc) is 3.11. The summed E-state index contributed by atoms with van der Waals surface area (Å²) in [5.74, 6) is 0.311. The number of nitrogens with zero attached hydrogens (tertiary/aromatic N) is 4. The Kier molecular flexibility index (Phi) is 6.99. The molecule has 6 nitrogen and oxygen atoms in total. The van der Waals surface area contributed by atoms with Gasteiger partial charge in [-0.1, -0.05) is 43.8 Å². The van der Waals surface area contributed by atoms with Crippen molar-refractivity contribution in [2.45, 2.75) is 43.6 Å². The van der Waals surface area contributed by atoms with Crippen LogP contribution in [0.1, 0.15) is 32.3 Å². The van der Waals surface area contributed by atoms with Gasteiger partial charge in [0.15, 0.2) is 11.0 Å². The lowest BCUT2D eigenvalue weighted by Crippen LogP contribution is -2.23. The van der Waals surface area contributed by atoms with E-state index < -0.39 is 11.1 Å². The van der Waals surface area contributed by atoms with Crippen LogP contribution in [0.2, 0.25) is 0 Å². The third-order valence-electron chi connectivity index (χ3n) is 4.48. The summed E-state index contributed by atoms with van der Waals surface area (Å²) in [5.41, 5.74) is 2.33. The van der Waals surface area contributed by atoms with Crippen LogP contribution in [0.3, 0.4) is 0 Å². The van der Waals surface area contributed by atoms with Crippen LogP contribution in [0.4, 0.5) is 10.1 Å². The Labute approximate surface area is 179 Å². The van der Waals surface area contributed by atoms with Crippen LogP contribution in [0, 0.1) is 5.82 Å². The molecule has 0 fully saturated rings. The third-order valence-corrected chi connectivity index (χ3v) is 5.56. The first-order valence-corrected chi connectivity index (χ1v) is 10.5. The minimum Gasteiger partial charge on any atom is -0.325 e. The fraction of sp³-hybridized carbons (Fsp3) is 0.273. The molecule has 2 aromatic heterocycles. The highest BCUT2D eigenvalue weighted by molar-refractivity contribution is 8.00. The minimum absolute atomic E-state index is 0.143. The van der Waals surface area contributed by atoms with E-state index in [1.54, 1.807) is 17.6 Å². The standard InChI is InChI=1S/C22H24FN5OS/c1-5-12-28-20(19-13-17(23)10-11-24-19)26-27-22(28)30-15(4)21(29)25-18-8-6-16(7-9-18)14(2)3/h5-11,13-15H,1,12H2,2-4H3,(H,25,29). The summed E-state index contributed by atoms with van der Waals surface area (Å²) in [6, 6.07) is 10.4. The Balaban J connectivity index is 1.74. The van der Waals surface area contributed by atoms with Crippen molar-refractivity contribution >= 4 is 23.4 Å². The van der Waals surface area contributed by atoms with Crippen LogP contribution >= 0.6 is 11.8 Å². The summed E-state index contributed by atoms with van der Waals surface area (Å²) in [4.78, 5) is 16.8. The second-order valence-electron chi connectivity index (χ2n) is 7.09. The summed E-state index contributed by atoms with van der Waals surface area (Å²) in [5, 5.41) is 11.4. The van der Waals surface area contributed by atoms with E-state index in [1.165, 1.54) is 35.7 Å². The first-order valence-electron chi connectivity index (χ1n) is 9.62. The molecule has 0 aliphatic heterocycles. The van der Waals surface area contributed by atoms with Crippen molar-refractivity contribution in [3.05, 3.63) is 66.6 Å². The number of allylic oxidation sites excluding steroid dienone is 1. The molecule has 156 valence electrons. The number of nitrogens with one attached hydrogen (secondary N) is 1. The highest BCUT2D eigenvalue weighted by Crippen LogP contribution is 2.27. The topological polar surface area (TPSA) is 72.7 Å². The van der Waals surface area contributed by atoms with E-state index in [0.29, 0.717) is 29.1 Å². The molecule has 1 aromatic carbocycles. The number of amides is 1. The zero-order valence-electron chi connectivity index (χ0n) is 17.2. The predicted molar refractivity (Wildman–Crippen MR) is 118 cm³/mol. The molecule has 3 aromatic rings. The highest BCUT2D eigenvalue weighted by atomic mass is 32.2. The summed E-state index contributed by atoms with van der Waals surface area (Å²) in [6.45, 7) is 10.2. The second kappa shape index (κ2) is 9.67. The van der Waals surface area contributed by atoms with Crippen molar-refractivity contribution in [3.63, 3.8) is 0 Å². The molecule has 1 unspecified atom stereocenters. The summed E-state index contributed by atoms with van der Waals surface area (Å²) >= 11 is 1.27. The first kappa shape index (κ1) is 21.7. The number of pyridine rings is 1. The number of halogens is 1. The van der Waals surface area contributed by atoms with Crippen LogP contribution in [-0.2, 0) is 11.3 Å². The maximum absolute atomic E-state index is 13.6. The second-order valence-corrected chi connectivity index (χ2v) is 8.40. The number of carbonyl (C=O) groups is 1. The lowest BCUT2D eigenvalue weighted by Gasteiger charge is -2.13. The molecule has 0 radical (unpaired) electrons. The molecule has 1 N–H and O–H groups in total. The fourth-order valence-corrected chi connectivity index (χ4v) is 3.65.